The van der Waals surface area contributed by atoms with Crippen molar-refractivity contribution in [3.8, 4) is 5.75 Å². The van der Waals surface area contributed by atoms with Gasteiger partial charge in [-0.2, -0.15) is 0 Å². The Hall–Kier alpha value is -2.40. The van der Waals surface area contributed by atoms with Gasteiger partial charge in [-0.15, -0.1) is 0 Å². The summed E-state index contributed by atoms with van der Waals surface area (Å²) in [4.78, 5) is 15.7. The number of nitrogens with one attached hydrogen (secondary N) is 1. The Morgan fingerprint density at radius 1 is 0.969 bits per heavy atom. The highest BCUT2D eigenvalue weighted by molar-refractivity contribution is 5.86. The number of carbonyl (C=O) groups excluding carboxylic acids is 1. The van der Waals surface area contributed by atoms with E-state index in [2.05, 4.69) is 22.3 Å². The zero-order chi connectivity index (χ0) is 22.1. The van der Waals surface area contributed by atoms with Crippen molar-refractivity contribution in [2.45, 2.75) is 56.4 Å². The van der Waals surface area contributed by atoms with Gasteiger partial charge in [0.1, 0.15) is 11.6 Å². The Bertz CT molecular complexity index is 935. The van der Waals surface area contributed by atoms with Crippen molar-refractivity contribution in [2.24, 2.45) is 5.41 Å². The summed E-state index contributed by atoms with van der Waals surface area (Å²) < 4.78 is 18.8. The Kier molecular flexibility index (Phi) is 5.93. The molecule has 5 rings (SSSR count). The molecule has 2 heterocycles. The highest BCUT2D eigenvalue weighted by Crippen LogP contribution is 2.49. The molecule has 1 amide bonds. The fourth-order valence-corrected chi connectivity index (χ4v) is 6.47. The Morgan fingerprint density at radius 3 is 2.31 bits per heavy atom. The molecule has 1 saturated carbocycles. The molecule has 32 heavy (non-hydrogen) atoms. The van der Waals surface area contributed by atoms with Gasteiger partial charge in [-0.25, -0.2) is 4.39 Å². The van der Waals surface area contributed by atoms with Gasteiger partial charge in [-0.3, -0.25) is 9.69 Å². The van der Waals surface area contributed by atoms with E-state index in [-0.39, 0.29) is 23.1 Å². The third kappa shape index (κ3) is 3.81. The Labute approximate surface area is 190 Å². The minimum Gasteiger partial charge on any atom is -0.497 e. The molecule has 3 fully saturated rings. The predicted molar refractivity (Wildman–Crippen MR) is 123 cm³/mol. The predicted octanol–water partition coefficient (Wildman–Crippen LogP) is 4.86. The molecule has 1 aliphatic carbocycles. The molecule has 2 aliphatic heterocycles. The van der Waals surface area contributed by atoms with E-state index >= 15 is 0 Å². The van der Waals surface area contributed by atoms with Gasteiger partial charge in [-0.1, -0.05) is 37.1 Å². The number of methoxy groups -OCH3 is 1. The van der Waals surface area contributed by atoms with Gasteiger partial charge in [0.15, 0.2) is 0 Å². The lowest BCUT2D eigenvalue weighted by atomic mass is 9.67. The molecule has 1 N–H and O–H groups in total. The van der Waals surface area contributed by atoms with Crippen LogP contribution in [0.2, 0.25) is 0 Å². The van der Waals surface area contributed by atoms with Crippen LogP contribution in [0.4, 0.5) is 4.39 Å². The number of carbonyl (C=O) groups is 1. The van der Waals surface area contributed by atoms with Crippen LogP contribution in [0.3, 0.4) is 0 Å². The lowest BCUT2D eigenvalue weighted by Gasteiger charge is -2.47. The van der Waals surface area contributed by atoms with E-state index in [1.165, 1.54) is 30.4 Å². The number of hydrogen-bond donors (Lipinski definition) is 1. The minimum atomic E-state index is -0.314. The minimum absolute atomic E-state index is 0.169. The molecule has 3 atom stereocenters. The third-order valence-corrected chi connectivity index (χ3v) is 8.29. The Morgan fingerprint density at radius 2 is 1.62 bits per heavy atom. The van der Waals surface area contributed by atoms with E-state index in [9.17, 15) is 9.18 Å². The molecular weight excluding hydrogens is 403 g/mol. The van der Waals surface area contributed by atoms with Crippen LogP contribution < -0.4 is 10.1 Å². The number of nitrogens with zero attached hydrogens (tertiary/aromatic N) is 1. The quantitative estimate of drug-likeness (QED) is 0.745. The van der Waals surface area contributed by atoms with E-state index in [1.54, 1.807) is 19.2 Å². The molecule has 2 aromatic carbocycles. The van der Waals surface area contributed by atoms with Gasteiger partial charge >= 0.3 is 0 Å². The second-order valence-corrected chi connectivity index (χ2v) is 9.74. The standard InChI is InChI=1S/C27H33FN2O2/c1-32-22-12-8-20(9-13-22)24-18-29-26(31)27(24)14-16-30(17-15-27)25-5-3-2-4-23(25)19-6-10-21(28)11-7-19/h6-13,23-25H,2-5,14-18H2,1H3,(H,29,31)/t23-,24?,25-/m1/s1. The zero-order valence-electron chi connectivity index (χ0n) is 18.9. The monoisotopic (exact) mass is 436 g/mol. The summed E-state index contributed by atoms with van der Waals surface area (Å²) in [7, 11) is 1.68. The summed E-state index contributed by atoms with van der Waals surface area (Å²) in [5, 5.41) is 3.17. The van der Waals surface area contributed by atoms with E-state index in [0.717, 1.165) is 38.1 Å². The average Bonchev–Trinajstić information content (AvgIpc) is 3.15. The van der Waals surface area contributed by atoms with Crippen molar-refractivity contribution in [3.63, 3.8) is 0 Å². The highest BCUT2D eigenvalue weighted by Gasteiger charge is 2.52. The van der Waals surface area contributed by atoms with Gasteiger partial charge in [0, 0.05) is 18.5 Å². The fourth-order valence-electron chi connectivity index (χ4n) is 6.47. The van der Waals surface area contributed by atoms with Crippen LogP contribution in [-0.4, -0.2) is 43.6 Å². The molecule has 0 bridgehead atoms. The summed E-state index contributed by atoms with van der Waals surface area (Å²) >= 11 is 0. The second-order valence-electron chi connectivity index (χ2n) is 9.74. The molecule has 170 valence electrons. The number of amides is 1. The van der Waals surface area contributed by atoms with Crippen LogP contribution >= 0.6 is 0 Å². The first-order valence-corrected chi connectivity index (χ1v) is 12.0. The normalized spacial score (nSPS) is 27.9. The first kappa shape index (κ1) is 21.4. The number of likely N-dealkylation sites (tertiary alicyclic amines) is 1. The molecule has 0 radical (unpaired) electrons. The first-order valence-electron chi connectivity index (χ1n) is 12.0. The molecule has 5 heteroatoms. The maximum absolute atomic E-state index is 13.5. The summed E-state index contributed by atoms with van der Waals surface area (Å²) in [5.41, 5.74) is 2.16. The summed E-state index contributed by atoms with van der Waals surface area (Å²) in [6.45, 7) is 2.61. The van der Waals surface area contributed by atoms with Crippen molar-refractivity contribution in [2.75, 3.05) is 26.7 Å². The molecule has 2 aromatic rings. The number of piperidine rings is 1. The molecule has 3 aliphatic rings. The highest BCUT2D eigenvalue weighted by atomic mass is 19.1. The molecule has 2 saturated heterocycles. The molecular formula is C27H33FN2O2. The largest absolute Gasteiger partial charge is 0.497 e. The van der Waals surface area contributed by atoms with Gasteiger partial charge in [0.2, 0.25) is 5.91 Å². The third-order valence-electron chi connectivity index (χ3n) is 8.29. The number of rotatable bonds is 4. The number of hydrogen-bond acceptors (Lipinski definition) is 3. The molecule has 1 unspecified atom stereocenters. The first-order chi connectivity index (χ1) is 15.6. The Balaban J connectivity index is 1.33. The lowest BCUT2D eigenvalue weighted by molar-refractivity contribution is -0.131. The maximum Gasteiger partial charge on any atom is 0.227 e. The summed E-state index contributed by atoms with van der Waals surface area (Å²) in [5.74, 6) is 1.56. The SMILES string of the molecule is COc1ccc(C2CNC(=O)C23CCN([C@@H]2CCCC[C@@H]2c2ccc(F)cc2)CC3)cc1. The lowest BCUT2D eigenvalue weighted by Crippen LogP contribution is -2.51. The van der Waals surface area contributed by atoms with E-state index in [0.29, 0.717) is 18.5 Å². The van der Waals surface area contributed by atoms with Crippen LogP contribution in [0.15, 0.2) is 48.5 Å². The number of ether oxygens (including phenoxy) is 1. The van der Waals surface area contributed by atoms with E-state index < -0.39 is 0 Å². The van der Waals surface area contributed by atoms with Gasteiger partial charge < -0.3 is 10.1 Å². The second kappa shape index (κ2) is 8.86. The topological polar surface area (TPSA) is 41.6 Å². The van der Waals surface area contributed by atoms with E-state index in [4.69, 9.17) is 4.74 Å². The average molecular weight is 437 g/mol. The van der Waals surface area contributed by atoms with Crippen molar-refractivity contribution in [1.29, 1.82) is 0 Å². The molecule has 0 aromatic heterocycles. The zero-order valence-corrected chi connectivity index (χ0v) is 18.9. The van der Waals surface area contributed by atoms with Crippen LogP contribution in [0.1, 0.15) is 61.5 Å². The van der Waals surface area contributed by atoms with Gasteiger partial charge in [0.25, 0.3) is 0 Å². The van der Waals surface area contributed by atoms with Gasteiger partial charge in [-0.05, 0) is 80.1 Å². The van der Waals surface area contributed by atoms with E-state index in [1.807, 2.05) is 24.3 Å². The van der Waals surface area contributed by atoms with Crippen LogP contribution in [0, 0.1) is 11.2 Å². The molecule has 4 nitrogen and oxygen atoms in total. The molecule has 1 spiro atoms. The van der Waals surface area contributed by atoms with Crippen LogP contribution in [0.25, 0.3) is 0 Å². The fraction of sp³-hybridized carbons (Fsp3) is 0.519. The smallest absolute Gasteiger partial charge is 0.227 e. The summed E-state index contributed by atoms with van der Waals surface area (Å²) in [6, 6.07) is 15.8. The number of halogens is 1. The van der Waals surface area contributed by atoms with Crippen LogP contribution in [-0.2, 0) is 4.79 Å². The number of benzene rings is 2. The van der Waals surface area contributed by atoms with Gasteiger partial charge in [0.05, 0.1) is 12.5 Å². The van der Waals surface area contributed by atoms with Crippen LogP contribution in [0.5, 0.6) is 5.75 Å². The van der Waals surface area contributed by atoms with Crippen molar-refractivity contribution >= 4 is 5.91 Å². The maximum atomic E-state index is 13.5. The van der Waals surface area contributed by atoms with Crippen molar-refractivity contribution in [3.05, 3.63) is 65.5 Å². The van der Waals surface area contributed by atoms with Crippen molar-refractivity contribution in [1.82, 2.24) is 10.2 Å². The summed E-state index contributed by atoms with van der Waals surface area (Å²) in [6.07, 6.45) is 6.61. The van der Waals surface area contributed by atoms with Crippen molar-refractivity contribution < 1.29 is 13.9 Å².